The van der Waals surface area contributed by atoms with Gasteiger partial charge in [-0.1, -0.05) is 113 Å². The van der Waals surface area contributed by atoms with Crippen LogP contribution in [0.5, 0.6) is 0 Å². The monoisotopic (exact) mass is 1910 g/mol. The number of ketones is 1. The minimum atomic E-state index is -0.552. The molecule has 4 aliphatic carbocycles. The summed E-state index contributed by atoms with van der Waals surface area (Å²) >= 11 is 0. The van der Waals surface area contributed by atoms with Gasteiger partial charge in [0.15, 0.2) is 5.78 Å². The SMILES string of the molecule is CC(C)(C)OC(=O)NCCCN.CCCN1CCN(c2ccc3c(c2)C(=O)CCC3)CC1.CCCN1CCN(c2ccc3c(c2)C(N(CCCN)C(=O)OCc2ccccc2)CCC3)CC1.CCCN1CCN(c2ccc3c(c2)C(N(CCCNC(=O)OC(C)(C)C)C(=O)OCc2ccccc2)CCC3)CC1.CCCN1CCN(c2ccc3c(c2)C(NCCCNC(=O)OC(C)(C)C)CCC3)CC1. The number of ether oxygens (including phenoxy) is 5. The molecule has 6 aromatic carbocycles. The first kappa shape index (κ1) is 110. The van der Waals surface area contributed by atoms with Crippen LogP contribution in [0.1, 0.15) is 271 Å². The molecule has 0 bridgehead atoms. The zero-order valence-corrected chi connectivity index (χ0v) is 86.4. The number of fused-ring (bicyclic) bond motifs is 4. The highest BCUT2D eigenvalue weighted by Crippen LogP contribution is 2.41. The number of benzene rings is 6. The van der Waals surface area contributed by atoms with Crippen molar-refractivity contribution in [3.8, 4) is 0 Å². The van der Waals surface area contributed by atoms with Gasteiger partial charge >= 0.3 is 30.5 Å². The molecule has 4 heterocycles. The highest BCUT2D eigenvalue weighted by Gasteiger charge is 2.35. The van der Waals surface area contributed by atoms with Gasteiger partial charge in [0.2, 0.25) is 0 Å². The number of carbonyl (C=O) groups excluding carboxylic acids is 6. The van der Waals surface area contributed by atoms with Gasteiger partial charge in [0.1, 0.15) is 30.0 Å². The number of hydrogen-bond acceptors (Lipinski definition) is 22. The first-order valence-electron chi connectivity index (χ1n) is 52.4. The molecular weight excluding hydrogens is 1730 g/mol. The van der Waals surface area contributed by atoms with E-state index >= 15 is 0 Å². The summed E-state index contributed by atoms with van der Waals surface area (Å²) in [6, 6.07) is 47.4. The van der Waals surface area contributed by atoms with E-state index in [0.717, 1.165) is 212 Å². The Balaban J connectivity index is 0.000000186. The highest BCUT2D eigenvalue weighted by molar-refractivity contribution is 5.99. The fourth-order valence-corrected chi connectivity index (χ4v) is 19.6. The molecule has 5 amide bonds. The van der Waals surface area contributed by atoms with Gasteiger partial charge < -0.3 is 85.8 Å². The third-order valence-electron chi connectivity index (χ3n) is 26.6. The topological polar surface area (TPSA) is 281 Å². The van der Waals surface area contributed by atoms with E-state index in [9.17, 15) is 28.8 Å². The number of Topliss-reactive ketones (excluding diaryl/α,β-unsaturated/α-hetero) is 1. The van der Waals surface area contributed by atoms with E-state index in [1.165, 1.54) is 126 Å². The molecule has 3 unspecified atom stereocenters. The molecule has 0 aromatic heterocycles. The second-order valence-corrected chi connectivity index (χ2v) is 41.0. The molecule has 27 nitrogen and oxygen atoms in total. The fraction of sp³-hybridized carbons (Fsp3) is 0.622. The largest absolute Gasteiger partial charge is 0.445 e. The van der Waals surface area contributed by atoms with Crippen molar-refractivity contribution in [1.82, 2.24) is 50.7 Å². The Kier molecular flexibility index (Phi) is 45.7. The zero-order chi connectivity index (χ0) is 98.8. The van der Waals surface area contributed by atoms with Crippen molar-refractivity contribution in [2.24, 2.45) is 11.5 Å². The van der Waals surface area contributed by atoms with Crippen molar-refractivity contribution in [3.05, 3.63) is 189 Å². The van der Waals surface area contributed by atoms with Crippen molar-refractivity contribution < 1.29 is 52.5 Å². The molecule has 4 fully saturated rings. The Morgan fingerprint density at radius 1 is 0.370 bits per heavy atom. The molecular formula is C111H172N16O11. The minimum Gasteiger partial charge on any atom is -0.445 e. The van der Waals surface area contributed by atoms with Gasteiger partial charge in [-0.2, -0.15) is 0 Å². The molecule has 4 saturated heterocycles. The number of carbonyl (C=O) groups is 6. The lowest BCUT2D eigenvalue weighted by molar-refractivity contribution is 0.0511. The summed E-state index contributed by atoms with van der Waals surface area (Å²) in [7, 11) is 0. The fourth-order valence-electron chi connectivity index (χ4n) is 19.6. The normalized spacial score (nSPS) is 18.0. The van der Waals surface area contributed by atoms with Crippen LogP contribution in [0.25, 0.3) is 0 Å². The second kappa shape index (κ2) is 57.2. The zero-order valence-electron chi connectivity index (χ0n) is 86.4. The number of hydrogen-bond donors (Lipinski definition) is 6. The quantitative estimate of drug-likeness (QED) is 0.0165. The van der Waals surface area contributed by atoms with Crippen molar-refractivity contribution in [3.63, 3.8) is 0 Å². The molecule has 762 valence electrons. The van der Waals surface area contributed by atoms with Crippen molar-refractivity contribution in [1.29, 1.82) is 0 Å². The van der Waals surface area contributed by atoms with E-state index in [2.05, 4.69) is 161 Å². The van der Waals surface area contributed by atoms with Crippen LogP contribution in [0.2, 0.25) is 0 Å². The van der Waals surface area contributed by atoms with Gasteiger partial charge in [-0.05, 0) is 329 Å². The minimum absolute atomic E-state index is 0.0416. The van der Waals surface area contributed by atoms with E-state index in [0.29, 0.717) is 70.7 Å². The van der Waals surface area contributed by atoms with Crippen molar-refractivity contribution >= 4 is 59.0 Å². The first-order chi connectivity index (χ1) is 66.5. The predicted octanol–water partition coefficient (Wildman–Crippen LogP) is 18.4. The number of nitrogens with two attached hydrogens (primary N) is 2. The maximum Gasteiger partial charge on any atom is 0.410 e. The molecule has 0 radical (unpaired) electrons. The summed E-state index contributed by atoms with van der Waals surface area (Å²) in [5.74, 6) is 0.331. The number of alkyl carbamates (subject to hydrolysis) is 3. The van der Waals surface area contributed by atoms with Gasteiger partial charge in [0.25, 0.3) is 0 Å². The number of anilines is 4. The average molecular weight is 1910 g/mol. The summed E-state index contributed by atoms with van der Waals surface area (Å²) < 4.78 is 27.3. The number of aryl methyl sites for hydroxylation is 4. The van der Waals surface area contributed by atoms with Crippen LogP contribution in [0.3, 0.4) is 0 Å². The van der Waals surface area contributed by atoms with Gasteiger partial charge in [-0.25, -0.2) is 24.0 Å². The average Bonchev–Trinajstić information content (AvgIpc) is 0.531. The van der Waals surface area contributed by atoms with E-state index in [-0.39, 0.29) is 43.1 Å². The van der Waals surface area contributed by atoms with E-state index in [1.807, 2.05) is 133 Å². The maximum absolute atomic E-state index is 13.6. The molecule has 8 aliphatic rings. The summed E-state index contributed by atoms with van der Waals surface area (Å²) in [6.45, 7) is 53.2. The smallest absolute Gasteiger partial charge is 0.410 e. The van der Waals surface area contributed by atoms with E-state index in [1.54, 1.807) is 0 Å². The third-order valence-corrected chi connectivity index (χ3v) is 26.6. The predicted molar refractivity (Wildman–Crippen MR) is 560 cm³/mol. The molecule has 14 rings (SSSR count). The first-order valence-corrected chi connectivity index (χ1v) is 52.4. The maximum atomic E-state index is 13.6. The Morgan fingerprint density at radius 2 is 0.703 bits per heavy atom. The van der Waals surface area contributed by atoms with E-state index in [4.69, 9.17) is 35.2 Å². The Hall–Kier alpha value is -9.74. The van der Waals surface area contributed by atoms with E-state index < -0.39 is 22.9 Å². The number of amides is 5. The van der Waals surface area contributed by atoms with Crippen LogP contribution in [0.15, 0.2) is 133 Å². The molecule has 0 spiro atoms. The van der Waals surface area contributed by atoms with Crippen LogP contribution >= 0.6 is 0 Å². The third kappa shape index (κ3) is 37.0. The van der Waals surface area contributed by atoms with Gasteiger partial charge in [-0.3, -0.25) is 24.4 Å². The molecule has 6 aromatic rings. The summed E-state index contributed by atoms with van der Waals surface area (Å²) in [5.41, 5.74) is 27.1. The highest BCUT2D eigenvalue weighted by atomic mass is 16.6. The molecule has 3 atom stereocenters. The molecule has 0 saturated carbocycles. The van der Waals surface area contributed by atoms with Crippen LogP contribution < -0.4 is 52.3 Å². The number of piperazine rings is 4. The summed E-state index contributed by atoms with van der Waals surface area (Å²) in [6.07, 6.45) is 18.6. The van der Waals surface area contributed by atoms with Crippen LogP contribution in [-0.2, 0) is 62.6 Å². The van der Waals surface area contributed by atoms with Crippen LogP contribution in [0, 0.1) is 0 Å². The molecule has 8 N–H and O–H groups in total. The van der Waals surface area contributed by atoms with Gasteiger partial charge in [0.05, 0.1) is 12.1 Å². The standard InChI is InChI=1S/C33H48N4O4.C28H40N4O2.C25H42N4O2.C17H24N2O.C8H18N2O2/c1-5-18-35-20-22-36(23-21-35)28-16-15-27-13-9-14-30(29(27)24-28)37(19-10-17-34-31(38)41-33(2,3)4)32(39)40-25-26-11-7-6-8-12-26;1-2-15-30-17-19-31(20-18-30)25-13-12-24-10-6-11-27(26(24)21-25)32(16-7-14-29)28(33)34-22-23-8-4-3-5-9-23;1-5-14-28-15-17-29(18-16-28)21-11-10-20-8-6-9-23(22(20)19-21)26-12-7-13-27-24(30)31-25(2,3)4;1-2-8-18-9-11-19(12-10-18)15-7-6-14-4-3-5-17(20)16(14)13-15;1-8(2,3)12-7(11)10-6-4-5-9/h6-8,11-12,15-16,24,30H,5,9-10,13-14,17-23,25H2,1-4H3,(H,34,38);3-5,8-9,12-13,21,27H,2,6-7,10-11,14-20,22,29H2,1H3;10-11,19,23,26H,5-9,12-18H2,1-4H3,(H,27,30);6-7,13H,2-5,8-12H2,1H3;4-6,9H2,1-3H3,(H,10,11). The van der Waals surface area contributed by atoms with Crippen molar-refractivity contribution in [2.45, 2.75) is 267 Å². The Morgan fingerprint density at radius 3 is 1.08 bits per heavy atom. The summed E-state index contributed by atoms with van der Waals surface area (Å²) in [5, 5.41) is 12.0. The number of nitrogens with zero attached hydrogens (tertiary/aromatic N) is 10. The van der Waals surface area contributed by atoms with Crippen LogP contribution in [0.4, 0.5) is 46.7 Å². The summed E-state index contributed by atoms with van der Waals surface area (Å²) in [4.78, 5) is 97.7. The Labute approximate surface area is 827 Å². The lowest BCUT2D eigenvalue weighted by Gasteiger charge is -2.38. The van der Waals surface area contributed by atoms with Gasteiger partial charge in [-0.15, -0.1) is 0 Å². The van der Waals surface area contributed by atoms with Gasteiger partial charge in [0, 0.05) is 178 Å². The second-order valence-electron chi connectivity index (χ2n) is 41.0. The lowest BCUT2D eigenvalue weighted by Crippen LogP contribution is -2.46. The molecule has 4 aliphatic heterocycles. The van der Waals surface area contributed by atoms with Crippen LogP contribution in [-0.4, -0.2) is 266 Å². The molecule has 27 heteroatoms. The van der Waals surface area contributed by atoms with Crippen molar-refractivity contribution in [2.75, 3.05) is 203 Å². The number of rotatable bonds is 33. The molecule has 138 heavy (non-hydrogen) atoms. The lowest BCUT2D eigenvalue weighted by atomic mass is 9.86. The number of nitrogens with one attached hydrogen (secondary N) is 4. The Bertz CT molecular complexity index is 4630.